The second kappa shape index (κ2) is 13.9. The molecule has 0 bridgehead atoms. The Balaban J connectivity index is 1.04. The predicted octanol–water partition coefficient (Wildman–Crippen LogP) is 5.65. The number of anilines is 2. The molecule has 2 aliphatic heterocycles. The first-order chi connectivity index (χ1) is 19.6. The van der Waals surface area contributed by atoms with E-state index < -0.39 is 6.09 Å². The summed E-state index contributed by atoms with van der Waals surface area (Å²) in [6.07, 6.45) is 4.53. The molecule has 0 atom stereocenters. The third kappa shape index (κ3) is 7.06. The number of amides is 2. The zero-order valence-electron chi connectivity index (χ0n) is 23.4. The number of thiophene rings is 1. The fourth-order valence-corrected chi connectivity index (χ4v) is 6.19. The number of nitrogens with zero attached hydrogens (tertiary/aromatic N) is 3. The highest BCUT2D eigenvalue weighted by Crippen LogP contribution is 2.32. The highest BCUT2D eigenvalue weighted by Gasteiger charge is 2.26. The molecule has 1 N–H and O–H groups in total. The van der Waals surface area contributed by atoms with Crippen molar-refractivity contribution in [2.75, 3.05) is 62.4 Å². The van der Waals surface area contributed by atoms with Crippen molar-refractivity contribution in [2.45, 2.75) is 45.4 Å². The average molecular weight is 565 g/mol. The van der Waals surface area contributed by atoms with Crippen LogP contribution < -0.4 is 19.9 Å². The number of unbranched alkanes of at least 4 members (excludes halogenated alkanes) is 2. The van der Waals surface area contributed by atoms with Gasteiger partial charge in [0.25, 0.3) is 0 Å². The Hall–Kier alpha value is -3.30. The smallest absolute Gasteiger partial charge is 0.408 e. The van der Waals surface area contributed by atoms with Gasteiger partial charge in [-0.05, 0) is 67.4 Å². The Labute approximate surface area is 240 Å². The van der Waals surface area contributed by atoms with E-state index in [0.29, 0.717) is 26.0 Å². The fraction of sp³-hybridized carbons (Fsp3) is 0.484. The first-order valence-corrected chi connectivity index (χ1v) is 15.4. The molecule has 0 unspecified atom stereocenters. The van der Waals surface area contributed by atoms with E-state index in [1.54, 1.807) is 16.2 Å². The number of piperazine rings is 1. The summed E-state index contributed by atoms with van der Waals surface area (Å²) >= 11 is 1.81. The van der Waals surface area contributed by atoms with Crippen LogP contribution in [0.5, 0.6) is 5.75 Å². The summed E-state index contributed by atoms with van der Waals surface area (Å²) in [5.41, 5.74) is 3.20. The number of carbonyl (C=O) groups excluding carboxylic acids is 2. The molecular weight excluding hydrogens is 524 g/mol. The Morgan fingerprint density at radius 1 is 1.00 bits per heavy atom. The van der Waals surface area contributed by atoms with E-state index in [0.717, 1.165) is 75.4 Å². The van der Waals surface area contributed by atoms with Crippen LogP contribution in [0.2, 0.25) is 0 Å². The second-order valence-corrected chi connectivity index (χ2v) is 11.4. The van der Waals surface area contributed by atoms with E-state index in [4.69, 9.17) is 9.47 Å². The third-order valence-electron chi connectivity index (χ3n) is 7.70. The number of benzene rings is 2. The molecule has 3 aromatic rings. The van der Waals surface area contributed by atoms with E-state index in [-0.39, 0.29) is 12.6 Å². The van der Waals surface area contributed by atoms with Crippen LogP contribution in [-0.2, 0) is 16.0 Å². The molecule has 3 heterocycles. The number of hydrogen-bond acceptors (Lipinski definition) is 7. The first kappa shape index (κ1) is 28.2. The molecule has 214 valence electrons. The summed E-state index contributed by atoms with van der Waals surface area (Å²) in [4.78, 5) is 31.2. The van der Waals surface area contributed by atoms with Crippen molar-refractivity contribution in [3.63, 3.8) is 0 Å². The molecule has 40 heavy (non-hydrogen) atoms. The van der Waals surface area contributed by atoms with Crippen molar-refractivity contribution in [3.05, 3.63) is 53.4 Å². The molecule has 0 spiro atoms. The van der Waals surface area contributed by atoms with Crippen LogP contribution in [0.25, 0.3) is 10.1 Å². The van der Waals surface area contributed by atoms with Crippen LogP contribution in [0.15, 0.2) is 47.8 Å². The number of carbonyl (C=O) groups is 2. The van der Waals surface area contributed by atoms with E-state index in [1.807, 2.05) is 18.2 Å². The van der Waals surface area contributed by atoms with E-state index >= 15 is 0 Å². The first-order valence-electron chi connectivity index (χ1n) is 14.5. The van der Waals surface area contributed by atoms with Gasteiger partial charge in [0.15, 0.2) is 6.73 Å². The van der Waals surface area contributed by atoms with Crippen LogP contribution in [0.4, 0.5) is 16.2 Å². The molecule has 1 aromatic heterocycles. The maximum absolute atomic E-state index is 12.6. The van der Waals surface area contributed by atoms with Crippen molar-refractivity contribution in [2.24, 2.45) is 0 Å². The van der Waals surface area contributed by atoms with Gasteiger partial charge in [-0.3, -0.25) is 14.6 Å². The zero-order chi connectivity index (χ0) is 27.7. The van der Waals surface area contributed by atoms with E-state index in [9.17, 15) is 9.59 Å². The molecular formula is C31H40N4O4S. The molecule has 0 saturated carbocycles. The SMILES string of the molecule is CCCCNC(=O)OCN1C(=O)CCc2ccc(OCCCCN3CCN(c4cccc5sccc45)CC3)cc21. The minimum Gasteiger partial charge on any atom is -0.494 e. The molecule has 5 rings (SSSR count). The molecule has 9 heteroatoms. The lowest BCUT2D eigenvalue weighted by molar-refractivity contribution is -0.119. The van der Waals surface area contributed by atoms with Gasteiger partial charge >= 0.3 is 6.09 Å². The summed E-state index contributed by atoms with van der Waals surface area (Å²) in [6, 6.07) is 14.7. The summed E-state index contributed by atoms with van der Waals surface area (Å²) in [6.45, 7) is 8.51. The van der Waals surface area contributed by atoms with Crippen molar-refractivity contribution in [3.8, 4) is 5.75 Å². The summed E-state index contributed by atoms with van der Waals surface area (Å²) in [7, 11) is 0. The van der Waals surface area contributed by atoms with Crippen molar-refractivity contribution < 1.29 is 19.1 Å². The lowest BCUT2D eigenvalue weighted by Gasteiger charge is -2.36. The van der Waals surface area contributed by atoms with Crippen molar-refractivity contribution in [1.82, 2.24) is 10.2 Å². The van der Waals surface area contributed by atoms with Gasteiger partial charge in [0.05, 0.1) is 12.3 Å². The van der Waals surface area contributed by atoms with Gasteiger partial charge in [0.2, 0.25) is 5.91 Å². The average Bonchev–Trinajstić information content (AvgIpc) is 3.46. The normalized spacial score (nSPS) is 15.8. The minimum atomic E-state index is -0.498. The number of nitrogens with one attached hydrogen (secondary N) is 1. The number of aryl methyl sites for hydroxylation is 1. The lowest BCUT2D eigenvalue weighted by atomic mass is 10.0. The summed E-state index contributed by atoms with van der Waals surface area (Å²) < 4.78 is 12.7. The van der Waals surface area contributed by atoms with Crippen LogP contribution in [-0.4, -0.2) is 69.5 Å². The molecule has 2 aromatic carbocycles. The standard InChI is InChI=1S/C31H40N4O4S/c1-2-3-14-32-31(37)39-23-35-28-22-25(11-9-24(28)10-12-30(35)36)38-20-5-4-15-33-16-18-34(19-17-33)27-7-6-8-29-26(27)13-21-40-29/h6-9,11,13,21-22H,2-5,10,12,14-20,23H2,1H3,(H,32,37). The number of fused-ring (bicyclic) bond motifs is 2. The fourth-order valence-electron chi connectivity index (χ4n) is 5.38. The Morgan fingerprint density at radius 2 is 1.88 bits per heavy atom. The molecule has 2 aliphatic rings. The Kier molecular flexibility index (Phi) is 9.78. The van der Waals surface area contributed by atoms with Crippen LogP contribution in [0, 0.1) is 0 Å². The molecule has 0 aliphatic carbocycles. The maximum Gasteiger partial charge on any atom is 0.408 e. The molecule has 2 amide bonds. The van der Waals surface area contributed by atoms with Gasteiger partial charge in [0.1, 0.15) is 5.75 Å². The van der Waals surface area contributed by atoms with Gasteiger partial charge in [-0.25, -0.2) is 4.79 Å². The van der Waals surface area contributed by atoms with Crippen molar-refractivity contribution >= 4 is 44.8 Å². The number of rotatable bonds is 12. The molecule has 1 saturated heterocycles. The number of hydrogen-bond donors (Lipinski definition) is 1. The quantitative estimate of drug-likeness (QED) is 0.287. The van der Waals surface area contributed by atoms with Gasteiger partial charge in [0, 0.05) is 61.0 Å². The van der Waals surface area contributed by atoms with Crippen LogP contribution in [0.3, 0.4) is 0 Å². The van der Waals surface area contributed by atoms with Gasteiger partial charge in [-0.1, -0.05) is 25.5 Å². The van der Waals surface area contributed by atoms with Gasteiger partial charge in [-0.15, -0.1) is 11.3 Å². The monoisotopic (exact) mass is 564 g/mol. The lowest BCUT2D eigenvalue weighted by Crippen LogP contribution is -2.46. The van der Waals surface area contributed by atoms with Crippen LogP contribution >= 0.6 is 11.3 Å². The Bertz CT molecular complexity index is 1290. The molecule has 1 fully saturated rings. The maximum atomic E-state index is 12.6. The summed E-state index contributed by atoms with van der Waals surface area (Å²) in [5, 5.41) is 6.27. The van der Waals surface area contributed by atoms with Gasteiger partial charge < -0.3 is 19.7 Å². The predicted molar refractivity (Wildman–Crippen MR) is 162 cm³/mol. The zero-order valence-corrected chi connectivity index (χ0v) is 24.2. The second-order valence-electron chi connectivity index (χ2n) is 10.4. The number of ether oxygens (including phenoxy) is 2. The van der Waals surface area contributed by atoms with E-state index in [2.05, 4.69) is 51.7 Å². The van der Waals surface area contributed by atoms with Crippen LogP contribution in [0.1, 0.15) is 44.6 Å². The number of alkyl carbamates (subject to hydrolysis) is 1. The molecule has 8 nitrogen and oxygen atoms in total. The largest absolute Gasteiger partial charge is 0.494 e. The highest BCUT2D eigenvalue weighted by atomic mass is 32.1. The minimum absolute atomic E-state index is 0.0434. The Morgan fingerprint density at radius 3 is 2.73 bits per heavy atom. The van der Waals surface area contributed by atoms with Gasteiger partial charge in [-0.2, -0.15) is 0 Å². The van der Waals surface area contributed by atoms with E-state index in [1.165, 1.54) is 15.8 Å². The summed E-state index contributed by atoms with van der Waals surface area (Å²) in [5.74, 6) is 0.695. The molecule has 0 radical (unpaired) electrons. The topological polar surface area (TPSA) is 74.3 Å². The highest BCUT2D eigenvalue weighted by molar-refractivity contribution is 7.17. The van der Waals surface area contributed by atoms with Crippen molar-refractivity contribution in [1.29, 1.82) is 0 Å². The third-order valence-corrected chi connectivity index (χ3v) is 8.59.